The minimum absolute atomic E-state index is 0.130. The molecule has 0 radical (unpaired) electrons. The number of morpholine rings is 1. The number of hydrogen-bond acceptors (Lipinski definition) is 3. The summed E-state index contributed by atoms with van der Waals surface area (Å²) in [6.07, 6.45) is 0.153. The minimum Gasteiger partial charge on any atom is -0.376 e. The van der Waals surface area contributed by atoms with Crippen molar-refractivity contribution < 1.29 is 13.9 Å². The van der Waals surface area contributed by atoms with E-state index >= 15 is 0 Å². The Morgan fingerprint density at radius 3 is 3.17 bits per heavy atom. The van der Waals surface area contributed by atoms with Crippen LogP contribution in [0.25, 0.3) is 0 Å². The van der Waals surface area contributed by atoms with E-state index in [1.165, 1.54) is 12.1 Å². The Labute approximate surface area is 106 Å². The van der Waals surface area contributed by atoms with E-state index in [-0.39, 0.29) is 17.8 Å². The van der Waals surface area contributed by atoms with Crippen LogP contribution < -0.4 is 5.32 Å². The van der Waals surface area contributed by atoms with Gasteiger partial charge in [-0.1, -0.05) is 6.07 Å². The number of benzene rings is 1. The van der Waals surface area contributed by atoms with Crippen LogP contribution in [-0.4, -0.2) is 43.2 Å². The number of hydrogen-bond donors (Lipinski definition) is 1. The lowest BCUT2D eigenvalue weighted by atomic mass is 10.3. The minimum atomic E-state index is -0.354. The van der Waals surface area contributed by atoms with Gasteiger partial charge in [0.05, 0.1) is 19.3 Å². The second kappa shape index (κ2) is 5.93. The lowest BCUT2D eigenvalue weighted by Gasteiger charge is -2.30. The molecule has 2 rings (SSSR count). The molecule has 0 bridgehead atoms. The first-order chi connectivity index (χ1) is 8.63. The summed E-state index contributed by atoms with van der Waals surface area (Å²) in [5, 5.41) is 2.68. The topological polar surface area (TPSA) is 41.6 Å². The van der Waals surface area contributed by atoms with E-state index in [0.29, 0.717) is 18.8 Å². The zero-order valence-electron chi connectivity index (χ0n) is 10.4. The van der Waals surface area contributed by atoms with Crippen molar-refractivity contribution in [2.75, 3.05) is 31.6 Å². The number of amides is 1. The van der Waals surface area contributed by atoms with Gasteiger partial charge in [-0.2, -0.15) is 0 Å². The summed E-state index contributed by atoms with van der Waals surface area (Å²) in [5.74, 6) is -0.484. The van der Waals surface area contributed by atoms with Crippen molar-refractivity contribution in [3.63, 3.8) is 0 Å². The van der Waals surface area contributed by atoms with Crippen LogP contribution in [0.1, 0.15) is 6.92 Å². The maximum atomic E-state index is 12.9. The van der Waals surface area contributed by atoms with E-state index < -0.39 is 0 Å². The fraction of sp³-hybridized carbons (Fsp3) is 0.462. The van der Waals surface area contributed by atoms with Crippen LogP contribution in [0.4, 0.5) is 10.1 Å². The van der Waals surface area contributed by atoms with Crippen LogP contribution >= 0.6 is 0 Å². The highest BCUT2D eigenvalue weighted by Crippen LogP contribution is 2.09. The van der Waals surface area contributed by atoms with E-state index in [4.69, 9.17) is 4.74 Å². The average Bonchev–Trinajstić information content (AvgIpc) is 2.28. The molecule has 1 amide bonds. The third-order valence-corrected chi connectivity index (χ3v) is 2.80. The molecule has 1 heterocycles. The molecule has 18 heavy (non-hydrogen) atoms. The number of halogens is 1. The Balaban J connectivity index is 1.85. The smallest absolute Gasteiger partial charge is 0.238 e. The van der Waals surface area contributed by atoms with Gasteiger partial charge in [0.2, 0.25) is 5.91 Å². The van der Waals surface area contributed by atoms with Crippen molar-refractivity contribution in [1.82, 2.24) is 4.90 Å². The van der Waals surface area contributed by atoms with Crippen LogP contribution in [0.15, 0.2) is 24.3 Å². The summed E-state index contributed by atoms with van der Waals surface area (Å²) in [6.45, 7) is 4.44. The van der Waals surface area contributed by atoms with Crippen molar-refractivity contribution in [3.05, 3.63) is 30.1 Å². The van der Waals surface area contributed by atoms with E-state index in [9.17, 15) is 9.18 Å². The number of nitrogens with zero attached hydrogens (tertiary/aromatic N) is 1. The predicted octanol–water partition coefficient (Wildman–Crippen LogP) is 1.48. The van der Waals surface area contributed by atoms with Gasteiger partial charge in [0, 0.05) is 18.8 Å². The Bertz CT molecular complexity index is 425. The number of nitrogens with one attached hydrogen (secondary N) is 1. The van der Waals surface area contributed by atoms with Gasteiger partial charge in [-0.05, 0) is 25.1 Å². The molecule has 1 aliphatic heterocycles. The van der Waals surface area contributed by atoms with Crippen molar-refractivity contribution >= 4 is 11.6 Å². The summed E-state index contributed by atoms with van der Waals surface area (Å²) in [4.78, 5) is 13.8. The highest BCUT2D eigenvalue weighted by atomic mass is 19.1. The SMILES string of the molecule is CC1CN(CC(=O)Nc2cccc(F)c2)CCO1. The number of rotatable bonds is 3. The highest BCUT2D eigenvalue weighted by Gasteiger charge is 2.18. The molecule has 0 aliphatic carbocycles. The van der Waals surface area contributed by atoms with Crippen molar-refractivity contribution in [2.24, 2.45) is 0 Å². The lowest BCUT2D eigenvalue weighted by molar-refractivity contribution is -0.119. The molecule has 1 aromatic rings. The summed E-state index contributed by atoms with van der Waals surface area (Å²) in [5.41, 5.74) is 0.487. The zero-order valence-corrected chi connectivity index (χ0v) is 10.4. The summed E-state index contributed by atoms with van der Waals surface area (Å²) < 4.78 is 18.3. The molecule has 1 saturated heterocycles. The lowest BCUT2D eigenvalue weighted by Crippen LogP contribution is -2.44. The third kappa shape index (κ3) is 3.78. The van der Waals surface area contributed by atoms with Gasteiger partial charge >= 0.3 is 0 Å². The highest BCUT2D eigenvalue weighted by molar-refractivity contribution is 5.92. The first-order valence-corrected chi connectivity index (χ1v) is 6.03. The fourth-order valence-electron chi connectivity index (χ4n) is 2.00. The van der Waals surface area contributed by atoms with Crippen LogP contribution in [0, 0.1) is 5.82 Å². The quantitative estimate of drug-likeness (QED) is 0.886. The number of ether oxygens (including phenoxy) is 1. The summed E-state index contributed by atoms with van der Waals surface area (Å²) in [6, 6.07) is 5.89. The molecule has 0 saturated carbocycles. The van der Waals surface area contributed by atoms with Crippen molar-refractivity contribution in [3.8, 4) is 0 Å². The first-order valence-electron chi connectivity index (χ1n) is 6.03. The van der Waals surface area contributed by atoms with E-state index in [2.05, 4.69) is 5.32 Å². The number of carbonyl (C=O) groups is 1. The Morgan fingerprint density at radius 1 is 1.61 bits per heavy atom. The largest absolute Gasteiger partial charge is 0.376 e. The van der Waals surface area contributed by atoms with Crippen LogP contribution in [-0.2, 0) is 9.53 Å². The Morgan fingerprint density at radius 2 is 2.44 bits per heavy atom. The maximum Gasteiger partial charge on any atom is 0.238 e. The van der Waals surface area contributed by atoms with Gasteiger partial charge < -0.3 is 10.1 Å². The number of anilines is 1. The molecular formula is C13H17FN2O2. The maximum absolute atomic E-state index is 12.9. The normalized spacial score (nSPS) is 20.7. The van der Waals surface area contributed by atoms with Crippen molar-refractivity contribution in [2.45, 2.75) is 13.0 Å². The van der Waals surface area contributed by atoms with Crippen molar-refractivity contribution in [1.29, 1.82) is 0 Å². The molecule has 1 aliphatic rings. The monoisotopic (exact) mass is 252 g/mol. The van der Waals surface area contributed by atoms with E-state index in [0.717, 1.165) is 13.1 Å². The van der Waals surface area contributed by atoms with Crippen LogP contribution in [0.2, 0.25) is 0 Å². The van der Waals surface area contributed by atoms with E-state index in [1.54, 1.807) is 12.1 Å². The summed E-state index contributed by atoms with van der Waals surface area (Å²) >= 11 is 0. The average molecular weight is 252 g/mol. The molecule has 0 spiro atoms. The molecule has 1 unspecified atom stereocenters. The molecule has 5 heteroatoms. The zero-order chi connectivity index (χ0) is 13.0. The molecule has 98 valence electrons. The van der Waals surface area contributed by atoms with Gasteiger partial charge in [0.25, 0.3) is 0 Å². The Kier molecular flexibility index (Phi) is 4.28. The van der Waals surface area contributed by atoms with E-state index in [1.807, 2.05) is 11.8 Å². The molecule has 0 aromatic heterocycles. The molecule has 1 fully saturated rings. The molecule has 1 atom stereocenters. The van der Waals surface area contributed by atoms with Crippen LogP contribution in [0.5, 0.6) is 0 Å². The predicted molar refractivity (Wildman–Crippen MR) is 66.9 cm³/mol. The van der Waals surface area contributed by atoms with Gasteiger partial charge in [0.15, 0.2) is 0 Å². The Hall–Kier alpha value is -1.46. The van der Waals surface area contributed by atoms with Gasteiger partial charge in [-0.25, -0.2) is 4.39 Å². The summed E-state index contributed by atoms with van der Waals surface area (Å²) in [7, 11) is 0. The molecular weight excluding hydrogens is 235 g/mol. The first kappa shape index (κ1) is 13.0. The molecule has 1 aromatic carbocycles. The fourth-order valence-corrected chi connectivity index (χ4v) is 2.00. The second-order valence-electron chi connectivity index (χ2n) is 4.48. The van der Waals surface area contributed by atoms with Gasteiger partial charge in [-0.15, -0.1) is 0 Å². The van der Waals surface area contributed by atoms with Gasteiger partial charge in [-0.3, -0.25) is 9.69 Å². The molecule has 1 N–H and O–H groups in total. The third-order valence-electron chi connectivity index (χ3n) is 2.80. The second-order valence-corrected chi connectivity index (χ2v) is 4.48. The molecule has 4 nitrogen and oxygen atoms in total. The number of carbonyl (C=O) groups excluding carboxylic acids is 1. The van der Waals surface area contributed by atoms with Crippen LogP contribution in [0.3, 0.4) is 0 Å². The van der Waals surface area contributed by atoms with Gasteiger partial charge in [0.1, 0.15) is 5.82 Å². The standard InChI is InChI=1S/C13H17FN2O2/c1-10-8-16(5-6-18-10)9-13(17)15-12-4-2-3-11(14)7-12/h2-4,7,10H,5-6,8-9H2,1H3,(H,15,17).